The van der Waals surface area contributed by atoms with E-state index in [-0.39, 0.29) is 11.7 Å². The number of fused-ring (bicyclic) bond motifs is 1. The monoisotopic (exact) mass is 287 g/mol. The van der Waals surface area contributed by atoms with Crippen molar-refractivity contribution < 1.29 is 14.6 Å². The van der Waals surface area contributed by atoms with Crippen molar-refractivity contribution in [2.75, 3.05) is 6.61 Å². The molecule has 2 rings (SSSR count). The molecule has 4 heteroatoms. The largest absolute Gasteiger partial charge is 0.508 e. The van der Waals surface area contributed by atoms with Gasteiger partial charge in [-0.2, -0.15) is 0 Å². The van der Waals surface area contributed by atoms with Crippen molar-refractivity contribution in [3.63, 3.8) is 0 Å². The SMILES string of the molecule is C=CCn1c(CCC)c(C(=O)OCC)c2cc(O)ccc21. The Morgan fingerprint density at radius 2 is 2.19 bits per heavy atom. The van der Waals surface area contributed by atoms with Crippen molar-refractivity contribution in [2.45, 2.75) is 33.2 Å². The summed E-state index contributed by atoms with van der Waals surface area (Å²) in [7, 11) is 0. The highest BCUT2D eigenvalue weighted by Crippen LogP contribution is 2.31. The summed E-state index contributed by atoms with van der Waals surface area (Å²) in [6, 6.07) is 5.09. The first-order chi connectivity index (χ1) is 10.1. The van der Waals surface area contributed by atoms with E-state index >= 15 is 0 Å². The Kier molecular flexibility index (Phi) is 4.68. The highest BCUT2D eigenvalue weighted by molar-refractivity contribution is 6.06. The molecule has 1 aromatic heterocycles. The number of esters is 1. The second-order valence-electron chi connectivity index (χ2n) is 4.89. The first-order valence-corrected chi connectivity index (χ1v) is 7.26. The van der Waals surface area contributed by atoms with Crippen molar-refractivity contribution in [3.05, 3.63) is 42.1 Å². The molecule has 0 aliphatic heterocycles. The van der Waals surface area contributed by atoms with E-state index in [4.69, 9.17) is 4.74 Å². The van der Waals surface area contributed by atoms with Crippen LogP contribution in [0.5, 0.6) is 5.75 Å². The maximum Gasteiger partial charge on any atom is 0.340 e. The molecule has 0 radical (unpaired) electrons. The lowest BCUT2D eigenvalue weighted by Gasteiger charge is -2.09. The fourth-order valence-electron chi connectivity index (χ4n) is 2.66. The molecule has 0 spiro atoms. The highest BCUT2D eigenvalue weighted by Gasteiger charge is 2.22. The second-order valence-corrected chi connectivity index (χ2v) is 4.89. The number of phenolic OH excluding ortho intramolecular Hbond substituents is 1. The van der Waals surface area contributed by atoms with E-state index in [2.05, 4.69) is 18.1 Å². The highest BCUT2D eigenvalue weighted by atomic mass is 16.5. The number of benzene rings is 1. The van der Waals surface area contributed by atoms with Gasteiger partial charge in [-0.1, -0.05) is 19.4 Å². The van der Waals surface area contributed by atoms with Crippen LogP contribution in [0.15, 0.2) is 30.9 Å². The topological polar surface area (TPSA) is 51.5 Å². The van der Waals surface area contributed by atoms with Gasteiger partial charge in [-0.15, -0.1) is 6.58 Å². The number of hydrogen-bond acceptors (Lipinski definition) is 3. The number of aromatic nitrogens is 1. The maximum absolute atomic E-state index is 12.3. The fraction of sp³-hybridized carbons (Fsp3) is 0.353. The summed E-state index contributed by atoms with van der Waals surface area (Å²) >= 11 is 0. The van der Waals surface area contributed by atoms with Gasteiger partial charge < -0.3 is 14.4 Å². The summed E-state index contributed by atoms with van der Waals surface area (Å²) in [5.74, 6) is -0.189. The molecule has 2 aromatic rings. The van der Waals surface area contributed by atoms with Gasteiger partial charge in [-0.05, 0) is 31.5 Å². The van der Waals surface area contributed by atoms with E-state index in [1.54, 1.807) is 25.1 Å². The molecule has 0 aliphatic carbocycles. The quantitative estimate of drug-likeness (QED) is 0.651. The van der Waals surface area contributed by atoms with E-state index in [1.165, 1.54) is 0 Å². The first kappa shape index (κ1) is 15.2. The molecule has 0 amide bonds. The van der Waals surface area contributed by atoms with Gasteiger partial charge in [-0.25, -0.2) is 4.79 Å². The van der Waals surface area contributed by atoms with Crippen molar-refractivity contribution in [2.24, 2.45) is 0 Å². The molecule has 4 nitrogen and oxygen atoms in total. The summed E-state index contributed by atoms with van der Waals surface area (Å²) in [6.07, 6.45) is 3.50. The van der Waals surface area contributed by atoms with Crippen molar-refractivity contribution in [1.29, 1.82) is 0 Å². The number of rotatable bonds is 6. The third-order valence-corrected chi connectivity index (χ3v) is 3.43. The minimum Gasteiger partial charge on any atom is -0.508 e. The lowest BCUT2D eigenvalue weighted by Crippen LogP contribution is -2.10. The van der Waals surface area contributed by atoms with Crippen LogP contribution in [0.25, 0.3) is 10.9 Å². The van der Waals surface area contributed by atoms with Gasteiger partial charge in [0.2, 0.25) is 0 Å². The molecular formula is C17H21NO3. The number of carbonyl (C=O) groups excluding carboxylic acids is 1. The molecule has 0 saturated heterocycles. The van der Waals surface area contributed by atoms with E-state index in [1.807, 2.05) is 6.07 Å². The molecule has 0 bridgehead atoms. The molecule has 0 aliphatic rings. The van der Waals surface area contributed by atoms with Crippen LogP contribution in [0.1, 0.15) is 36.3 Å². The molecule has 0 fully saturated rings. The second kappa shape index (κ2) is 6.48. The number of nitrogens with zero attached hydrogens (tertiary/aromatic N) is 1. The first-order valence-electron chi connectivity index (χ1n) is 7.26. The number of ether oxygens (including phenoxy) is 1. The Hall–Kier alpha value is -2.23. The molecule has 21 heavy (non-hydrogen) atoms. The Morgan fingerprint density at radius 3 is 2.81 bits per heavy atom. The van der Waals surface area contributed by atoms with Gasteiger partial charge in [0.15, 0.2) is 0 Å². The number of hydrogen-bond donors (Lipinski definition) is 1. The third kappa shape index (κ3) is 2.79. The Bertz CT molecular complexity index is 670. The standard InChI is InChI=1S/C17H21NO3/c1-4-7-15-16(17(20)21-6-3)13-11-12(19)8-9-14(13)18(15)10-5-2/h5,8-9,11,19H,2,4,6-7,10H2,1,3H3. The van der Waals surface area contributed by atoms with Gasteiger partial charge in [0, 0.05) is 23.1 Å². The summed E-state index contributed by atoms with van der Waals surface area (Å²) in [5, 5.41) is 10.5. The average molecular weight is 287 g/mol. The van der Waals surface area contributed by atoms with Gasteiger partial charge in [0.25, 0.3) is 0 Å². The number of carbonyl (C=O) groups is 1. The molecule has 1 N–H and O–H groups in total. The van der Waals surface area contributed by atoms with Gasteiger partial charge in [0.1, 0.15) is 5.75 Å². The van der Waals surface area contributed by atoms with Crippen LogP contribution in [-0.2, 0) is 17.7 Å². The van der Waals surface area contributed by atoms with Gasteiger partial charge >= 0.3 is 5.97 Å². The van der Waals surface area contributed by atoms with Crippen LogP contribution < -0.4 is 0 Å². The number of aromatic hydroxyl groups is 1. The zero-order valence-electron chi connectivity index (χ0n) is 12.6. The molecular weight excluding hydrogens is 266 g/mol. The lowest BCUT2D eigenvalue weighted by molar-refractivity contribution is 0.0527. The van der Waals surface area contributed by atoms with E-state index in [0.717, 1.165) is 29.4 Å². The average Bonchev–Trinajstić information content (AvgIpc) is 2.73. The van der Waals surface area contributed by atoms with Crippen LogP contribution in [0, 0.1) is 0 Å². The van der Waals surface area contributed by atoms with Crippen LogP contribution in [0.4, 0.5) is 0 Å². The van der Waals surface area contributed by atoms with Crippen LogP contribution >= 0.6 is 0 Å². The summed E-state index contributed by atoms with van der Waals surface area (Å²) in [5.41, 5.74) is 2.42. The smallest absolute Gasteiger partial charge is 0.340 e. The van der Waals surface area contributed by atoms with E-state index < -0.39 is 0 Å². The predicted octanol–water partition coefficient (Wildman–Crippen LogP) is 3.66. The summed E-state index contributed by atoms with van der Waals surface area (Å²) in [4.78, 5) is 12.3. The maximum atomic E-state index is 12.3. The lowest BCUT2D eigenvalue weighted by atomic mass is 10.1. The fourth-order valence-corrected chi connectivity index (χ4v) is 2.66. The van der Waals surface area contributed by atoms with E-state index in [9.17, 15) is 9.90 Å². The Morgan fingerprint density at radius 1 is 1.43 bits per heavy atom. The summed E-state index contributed by atoms with van der Waals surface area (Å²) in [6.45, 7) is 8.60. The minimum absolute atomic E-state index is 0.145. The third-order valence-electron chi connectivity index (χ3n) is 3.43. The van der Waals surface area contributed by atoms with Crippen molar-refractivity contribution >= 4 is 16.9 Å². The Labute approximate surface area is 124 Å². The molecule has 1 heterocycles. The van der Waals surface area contributed by atoms with Crippen LogP contribution in [-0.4, -0.2) is 22.2 Å². The Balaban J connectivity index is 2.76. The summed E-state index contributed by atoms with van der Waals surface area (Å²) < 4.78 is 7.26. The van der Waals surface area contributed by atoms with E-state index in [0.29, 0.717) is 18.7 Å². The normalized spacial score (nSPS) is 10.8. The zero-order valence-corrected chi connectivity index (χ0v) is 12.6. The molecule has 0 unspecified atom stereocenters. The molecule has 112 valence electrons. The predicted molar refractivity (Wildman–Crippen MR) is 83.8 cm³/mol. The van der Waals surface area contributed by atoms with Gasteiger partial charge in [0.05, 0.1) is 12.2 Å². The number of allylic oxidation sites excluding steroid dienone is 1. The molecule has 0 saturated carbocycles. The van der Waals surface area contributed by atoms with Crippen LogP contribution in [0.2, 0.25) is 0 Å². The van der Waals surface area contributed by atoms with Gasteiger partial charge in [-0.3, -0.25) is 0 Å². The van der Waals surface area contributed by atoms with Crippen molar-refractivity contribution in [1.82, 2.24) is 4.57 Å². The molecule has 1 aromatic carbocycles. The minimum atomic E-state index is -0.334. The molecule has 0 atom stereocenters. The van der Waals surface area contributed by atoms with Crippen molar-refractivity contribution in [3.8, 4) is 5.75 Å². The zero-order chi connectivity index (χ0) is 15.4. The number of phenols is 1. The van der Waals surface area contributed by atoms with Crippen LogP contribution in [0.3, 0.4) is 0 Å².